The van der Waals surface area contributed by atoms with Gasteiger partial charge in [0.25, 0.3) is 5.62 Å². The molecule has 29 heavy (non-hydrogen) atoms. The zero-order chi connectivity index (χ0) is 20.0. The smallest absolute Gasteiger partial charge is 0.326 e. The molecule has 1 fully saturated rings. The highest BCUT2D eigenvalue weighted by molar-refractivity contribution is 6.30. The van der Waals surface area contributed by atoms with Crippen LogP contribution in [0.4, 0.5) is 11.6 Å². The van der Waals surface area contributed by atoms with Crippen LogP contribution in [0.5, 0.6) is 5.88 Å². The standard InChI is InChI=1S/C18H15ClN8O2/c19-10-2-1-3-12(7-10)21-16-24-14-9(6-13-15(28)25-18(29)23-13)8-20-27(14)17(26-16)22-11-4-5-11/h1-3,6-8,11,28H,4-5H2,(H,21,22,26)(H2,23,25,29)/b9-6+. The third-order valence-corrected chi connectivity index (χ3v) is 4.57. The summed E-state index contributed by atoms with van der Waals surface area (Å²) in [6.45, 7) is 0. The Kier molecular flexibility index (Phi) is 4.06. The van der Waals surface area contributed by atoms with E-state index in [-0.39, 0.29) is 17.6 Å². The van der Waals surface area contributed by atoms with Gasteiger partial charge in [-0.1, -0.05) is 17.7 Å². The Morgan fingerprint density at radius 2 is 2.17 bits per heavy atom. The number of anilines is 2. The molecule has 1 aliphatic rings. The molecule has 1 saturated carbocycles. The number of rotatable bonds is 4. The Morgan fingerprint density at radius 3 is 2.90 bits per heavy atom. The first-order valence-electron chi connectivity index (χ1n) is 8.90. The average Bonchev–Trinajstić information content (AvgIpc) is 3.31. The van der Waals surface area contributed by atoms with E-state index in [4.69, 9.17) is 11.6 Å². The highest BCUT2D eigenvalue weighted by atomic mass is 35.5. The molecular formula is C18H15ClN8O2. The van der Waals surface area contributed by atoms with Crippen molar-refractivity contribution in [2.45, 2.75) is 18.9 Å². The van der Waals surface area contributed by atoms with Crippen molar-refractivity contribution in [2.75, 3.05) is 5.32 Å². The van der Waals surface area contributed by atoms with Crippen LogP contribution in [0.2, 0.25) is 5.02 Å². The number of hydrogen-bond donors (Lipinski definition) is 4. The van der Waals surface area contributed by atoms with Crippen LogP contribution in [0.3, 0.4) is 0 Å². The third kappa shape index (κ3) is 3.57. The molecule has 4 N–H and O–H groups in total. The average molecular weight is 411 g/mol. The minimum Gasteiger partial charge on any atom is -0.493 e. The minimum absolute atomic E-state index is 0.230. The lowest BCUT2D eigenvalue weighted by atomic mass is 10.3. The number of halogens is 1. The van der Waals surface area contributed by atoms with Gasteiger partial charge >= 0.3 is 5.69 Å². The molecule has 0 radical (unpaired) electrons. The number of benzene rings is 1. The molecular weight excluding hydrogens is 396 g/mol. The van der Waals surface area contributed by atoms with Crippen molar-refractivity contribution in [1.29, 1.82) is 0 Å². The zero-order valence-corrected chi connectivity index (χ0v) is 15.7. The molecule has 0 unspecified atom stereocenters. The molecule has 4 aromatic rings. The molecule has 1 aromatic carbocycles. The van der Waals surface area contributed by atoms with Crippen LogP contribution in [0, 0.1) is 0 Å². The number of aromatic nitrogens is 6. The van der Waals surface area contributed by atoms with E-state index in [1.54, 1.807) is 24.4 Å². The Bertz CT molecular complexity index is 1400. The van der Waals surface area contributed by atoms with Crippen LogP contribution in [0.15, 0.2) is 40.2 Å². The topological polar surface area (TPSA) is 136 Å². The number of nitrogens with one attached hydrogen (secondary N) is 3. The van der Waals surface area contributed by atoms with E-state index < -0.39 is 5.69 Å². The molecule has 0 amide bonds. The molecule has 0 atom stereocenters. The molecule has 10 nitrogen and oxygen atoms in total. The number of fused-ring (bicyclic) bond motifs is 1. The van der Waals surface area contributed by atoms with Gasteiger partial charge in [-0.25, -0.2) is 9.79 Å². The van der Waals surface area contributed by atoms with Crippen LogP contribution in [-0.4, -0.2) is 40.7 Å². The molecule has 5 rings (SSSR count). The van der Waals surface area contributed by atoms with Gasteiger partial charge in [-0.05, 0) is 37.1 Å². The fourth-order valence-corrected chi connectivity index (χ4v) is 3.02. The highest BCUT2D eigenvalue weighted by Gasteiger charge is 2.21. The minimum atomic E-state index is -0.507. The Morgan fingerprint density at radius 1 is 1.31 bits per heavy atom. The molecule has 0 spiro atoms. The number of nitrogens with zero attached hydrogens (tertiary/aromatic N) is 5. The van der Waals surface area contributed by atoms with Gasteiger partial charge in [0.1, 0.15) is 5.69 Å². The first-order valence-corrected chi connectivity index (χ1v) is 9.28. The lowest BCUT2D eigenvalue weighted by Crippen LogP contribution is -2.24. The van der Waals surface area contributed by atoms with E-state index in [2.05, 4.69) is 35.3 Å². The predicted molar refractivity (Wildman–Crippen MR) is 106 cm³/mol. The van der Waals surface area contributed by atoms with Gasteiger partial charge in [-0.3, -0.25) is 4.98 Å². The van der Waals surface area contributed by atoms with Gasteiger partial charge in [-0.15, -0.1) is 0 Å². The van der Waals surface area contributed by atoms with Crippen LogP contribution >= 0.6 is 11.6 Å². The molecule has 3 aromatic heterocycles. The quantitative estimate of drug-likeness (QED) is 0.394. The van der Waals surface area contributed by atoms with Gasteiger partial charge in [0.15, 0.2) is 5.65 Å². The zero-order valence-electron chi connectivity index (χ0n) is 14.9. The van der Waals surface area contributed by atoms with E-state index in [1.807, 2.05) is 12.1 Å². The summed E-state index contributed by atoms with van der Waals surface area (Å²) in [4.78, 5) is 29.8. The van der Waals surface area contributed by atoms with Gasteiger partial charge in [-0.2, -0.15) is 19.6 Å². The van der Waals surface area contributed by atoms with Crippen molar-refractivity contribution in [3.63, 3.8) is 0 Å². The van der Waals surface area contributed by atoms with Gasteiger partial charge < -0.3 is 15.4 Å². The van der Waals surface area contributed by atoms with Gasteiger partial charge in [0.2, 0.25) is 11.8 Å². The second kappa shape index (κ2) is 6.74. The summed E-state index contributed by atoms with van der Waals surface area (Å²) in [5.41, 5.74) is 1.36. The fraction of sp³-hybridized carbons (Fsp3) is 0.167. The van der Waals surface area contributed by atoms with Crippen molar-refractivity contribution >= 4 is 35.0 Å². The molecule has 0 aliphatic heterocycles. The summed E-state index contributed by atoms with van der Waals surface area (Å²) in [6.07, 6.45) is 5.18. The first kappa shape index (κ1) is 17.4. The maximum Gasteiger partial charge on any atom is 0.326 e. The van der Waals surface area contributed by atoms with E-state index in [0.717, 1.165) is 18.5 Å². The lowest BCUT2D eigenvalue weighted by Gasteiger charge is -2.05. The van der Waals surface area contributed by atoms with Crippen LogP contribution < -0.4 is 21.8 Å². The Labute approximate surface area is 167 Å². The van der Waals surface area contributed by atoms with Crippen molar-refractivity contribution in [1.82, 2.24) is 29.5 Å². The maximum atomic E-state index is 11.4. The van der Waals surface area contributed by atoms with Gasteiger partial charge in [0.05, 0.1) is 12.2 Å². The van der Waals surface area contributed by atoms with Crippen molar-refractivity contribution in [3.05, 3.63) is 62.5 Å². The van der Waals surface area contributed by atoms with E-state index >= 15 is 0 Å². The van der Waals surface area contributed by atoms with Crippen LogP contribution in [-0.2, 0) is 0 Å². The third-order valence-electron chi connectivity index (χ3n) is 4.34. The maximum absolute atomic E-state index is 11.4. The molecule has 3 heterocycles. The fourth-order valence-electron chi connectivity index (χ4n) is 2.83. The molecule has 11 heteroatoms. The van der Waals surface area contributed by atoms with Crippen molar-refractivity contribution in [2.24, 2.45) is 4.99 Å². The van der Waals surface area contributed by atoms with Gasteiger partial charge in [0, 0.05) is 15.9 Å². The van der Waals surface area contributed by atoms with E-state index in [0.29, 0.717) is 27.5 Å². The second-order valence-corrected chi connectivity index (χ2v) is 7.10. The SMILES string of the molecule is O=c1[nH]c(O)c(/C=c2\cnn3c(=NC4CC4)nc(Nc4cccc(Cl)c4)nc23)[nH]1. The monoisotopic (exact) mass is 410 g/mol. The Hall–Kier alpha value is -3.66. The van der Waals surface area contributed by atoms with Crippen LogP contribution in [0.25, 0.3) is 11.7 Å². The number of H-pyrrole nitrogens is 2. The summed E-state index contributed by atoms with van der Waals surface area (Å²) in [6, 6.07) is 7.44. The number of imidazole rings is 1. The molecule has 0 bridgehead atoms. The summed E-state index contributed by atoms with van der Waals surface area (Å²) in [7, 11) is 0. The Balaban J connectivity index is 1.68. The summed E-state index contributed by atoms with van der Waals surface area (Å²) >= 11 is 6.06. The highest BCUT2D eigenvalue weighted by Crippen LogP contribution is 2.22. The normalized spacial score (nSPS) is 15.3. The summed E-state index contributed by atoms with van der Waals surface area (Å²) in [5.74, 6) is 0.0738. The molecule has 0 saturated heterocycles. The predicted octanol–water partition coefficient (Wildman–Crippen LogP) is 0.854. The summed E-state index contributed by atoms with van der Waals surface area (Å²) in [5, 5.41) is 18.5. The van der Waals surface area contributed by atoms with E-state index in [1.165, 1.54) is 4.52 Å². The second-order valence-electron chi connectivity index (χ2n) is 6.66. The lowest BCUT2D eigenvalue weighted by molar-refractivity contribution is 0.454. The molecule has 1 aliphatic carbocycles. The number of aromatic hydroxyl groups is 1. The van der Waals surface area contributed by atoms with Crippen molar-refractivity contribution in [3.8, 4) is 5.88 Å². The molecule has 146 valence electrons. The van der Waals surface area contributed by atoms with Crippen molar-refractivity contribution < 1.29 is 5.11 Å². The largest absolute Gasteiger partial charge is 0.493 e. The first-order chi connectivity index (χ1) is 14.0. The van der Waals surface area contributed by atoms with Crippen LogP contribution in [0.1, 0.15) is 18.5 Å². The number of hydrogen-bond acceptors (Lipinski definition) is 7. The number of aromatic amines is 2. The summed E-state index contributed by atoms with van der Waals surface area (Å²) < 4.78 is 1.54. The van der Waals surface area contributed by atoms with E-state index in [9.17, 15) is 9.90 Å².